The first-order chi connectivity index (χ1) is 13.1. The summed E-state index contributed by atoms with van der Waals surface area (Å²) in [7, 11) is 4.30. The van der Waals surface area contributed by atoms with Gasteiger partial charge in [0.15, 0.2) is 0 Å². The van der Waals surface area contributed by atoms with Crippen LogP contribution in [0, 0.1) is 17.0 Å². The first kappa shape index (κ1) is 21.3. The maximum atomic E-state index is 12.6. The Hall–Kier alpha value is -2.98. The fourth-order valence-corrected chi connectivity index (χ4v) is 3.72. The average molecular weight is 426 g/mol. The van der Waals surface area contributed by atoms with E-state index in [2.05, 4.69) is 5.32 Å². The Labute approximate surface area is 169 Å². The van der Waals surface area contributed by atoms with Crippen LogP contribution < -0.4 is 5.32 Å². The van der Waals surface area contributed by atoms with Crippen LogP contribution in [0.15, 0.2) is 18.2 Å². The Morgan fingerprint density at radius 1 is 1.29 bits per heavy atom. The van der Waals surface area contributed by atoms with Gasteiger partial charge in [0.25, 0.3) is 17.5 Å². The first-order valence-electron chi connectivity index (χ1n) is 7.77. The number of hydrogen-bond acceptors (Lipinski definition) is 7. The summed E-state index contributed by atoms with van der Waals surface area (Å²) in [4.78, 5) is 49.0. The molecule has 0 unspecified atom stereocenters. The van der Waals surface area contributed by atoms with Crippen molar-refractivity contribution in [1.82, 2.24) is 4.90 Å². The van der Waals surface area contributed by atoms with Gasteiger partial charge in [-0.3, -0.25) is 19.7 Å². The number of rotatable bonds is 5. The number of thiophene rings is 1. The molecule has 1 N–H and O–H groups in total. The Morgan fingerprint density at radius 2 is 1.93 bits per heavy atom. The van der Waals surface area contributed by atoms with E-state index in [1.807, 2.05) is 0 Å². The van der Waals surface area contributed by atoms with Gasteiger partial charge in [-0.15, -0.1) is 11.3 Å². The molecule has 0 saturated carbocycles. The fourth-order valence-electron chi connectivity index (χ4n) is 2.33. The van der Waals surface area contributed by atoms with Gasteiger partial charge in [-0.25, -0.2) is 4.79 Å². The van der Waals surface area contributed by atoms with E-state index < -0.39 is 22.5 Å². The van der Waals surface area contributed by atoms with Gasteiger partial charge in [0.05, 0.1) is 22.5 Å². The number of benzene rings is 1. The SMILES string of the molecule is COC(=O)c1c(NC(=O)c2ccc(Cl)c([N+](=O)[O-])c2)sc(C(=O)N(C)C)c1C. The summed E-state index contributed by atoms with van der Waals surface area (Å²) in [5.41, 5.74) is -0.0331. The highest BCUT2D eigenvalue weighted by molar-refractivity contribution is 7.18. The lowest BCUT2D eigenvalue weighted by Crippen LogP contribution is -2.21. The number of nitrogens with one attached hydrogen (secondary N) is 1. The van der Waals surface area contributed by atoms with E-state index in [0.29, 0.717) is 5.56 Å². The van der Waals surface area contributed by atoms with Gasteiger partial charge in [-0.1, -0.05) is 11.6 Å². The van der Waals surface area contributed by atoms with Crippen LogP contribution in [0.4, 0.5) is 10.7 Å². The van der Waals surface area contributed by atoms with Crippen molar-refractivity contribution in [2.75, 3.05) is 26.5 Å². The molecule has 0 aliphatic rings. The third-order valence-corrected chi connectivity index (χ3v) is 5.28. The molecule has 148 valence electrons. The molecule has 0 aliphatic heterocycles. The number of hydrogen-bond donors (Lipinski definition) is 1. The molecule has 1 aromatic carbocycles. The summed E-state index contributed by atoms with van der Waals surface area (Å²) in [6.45, 7) is 1.57. The van der Waals surface area contributed by atoms with Gasteiger partial charge < -0.3 is 15.0 Å². The van der Waals surface area contributed by atoms with E-state index in [-0.39, 0.29) is 31.9 Å². The minimum atomic E-state index is -0.719. The second kappa shape index (κ2) is 8.36. The summed E-state index contributed by atoms with van der Waals surface area (Å²) >= 11 is 6.67. The maximum Gasteiger partial charge on any atom is 0.341 e. The van der Waals surface area contributed by atoms with Crippen molar-refractivity contribution in [3.63, 3.8) is 0 Å². The number of ether oxygens (including phenoxy) is 1. The fraction of sp³-hybridized carbons (Fsp3) is 0.235. The number of carbonyl (C=O) groups is 3. The molecule has 0 aliphatic carbocycles. The zero-order valence-electron chi connectivity index (χ0n) is 15.4. The van der Waals surface area contributed by atoms with Crippen LogP contribution in [-0.2, 0) is 4.74 Å². The van der Waals surface area contributed by atoms with Crippen LogP contribution in [0.1, 0.15) is 36.0 Å². The molecule has 0 spiro atoms. The molecule has 0 saturated heterocycles. The summed E-state index contributed by atoms with van der Waals surface area (Å²) in [6.07, 6.45) is 0. The molecule has 0 fully saturated rings. The second-order valence-corrected chi connectivity index (χ2v) is 7.26. The van der Waals surface area contributed by atoms with Crippen molar-refractivity contribution < 1.29 is 24.0 Å². The van der Waals surface area contributed by atoms with Crippen molar-refractivity contribution in [1.29, 1.82) is 0 Å². The number of anilines is 1. The zero-order valence-corrected chi connectivity index (χ0v) is 16.9. The second-order valence-electron chi connectivity index (χ2n) is 5.83. The van der Waals surface area contributed by atoms with E-state index in [0.717, 1.165) is 17.4 Å². The molecular formula is C17H16ClN3O6S. The molecule has 2 amide bonds. The molecule has 1 heterocycles. The number of nitro benzene ring substituents is 1. The van der Waals surface area contributed by atoms with Gasteiger partial charge in [0.1, 0.15) is 10.0 Å². The van der Waals surface area contributed by atoms with Crippen molar-refractivity contribution in [3.05, 3.63) is 54.9 Å². The van der Waals surface area contributed by atoms with Crippen LogP contribution in [0.5, 0.6) is 0 Å². The van der Waals surface area contributed by atoms with Crippen LogP contribution in [0.3, 0.4) is 0 Å². The van der Waals surface area contributed by atoms with Gasteiger partial charge in [0.2, 0.25) is 0 Å². The zero-order chi connectivity index (χ0) is 21.2. The molecule has 9 nitrogen and oxygen atoms in total. The van der Waals surface area contributed by atoms with Crippen LogP contribution in [-0.4, -0.2) is 48.8 Å². The third kappa shape index (κ3) is 4.12. The summed E-state index contributed by atoms with van der Waals surface area (Å²) in [5.74, 6) is -1.76. The summed E-state index contributed by atoms with van der Waals surface area (Å²) in [5, 5.41) is 13.5. The first-order valence-corrected chi connectivity index (χ1v) is 8.96. The van der Waals surface area contributed by atoms with Crippen molar-refractivity contribution in [3.8, 4) is 0 Å². The smallest absolute Gasteiger partial charge is 0.341 e. The molecule has 0 radical (unpaired) electrons. The van der Waals surface area contributed by atoms with Crippen LogP contribution in [0.25, 0.3) is 0 Å². The monoisotopic (exact) mass is 425 g/mol. The van der Waals surface area contributed by atoms with Gasteiger partial charge in [0, 0.05) is 25.7 Å². The van der Waals surface area contributed by atoms with Crippen LogP contribution >= 0.6 is 22.9 Å². The van der Waals surface area contributed by atoms with E-state index in [1.165, 1.54) is 24.1 Å². The summed E-state index contributed by atoms with van der Waals surface area (Å²) in [6, 6.07) is 3.58. The molecule has 0 atom stereocenters. The standard InChI is InChI=1S/C17H16ClN3O6S/c1-8-12(17(24)27-4)15(28-13(8)16(23)20(2)3)19-14(22)9-5-6-10(18)11(7-9)21(25)26/h5-7H,1-4H3,(H,19,22). The normalized spacial score (nSPS) is 10.3. The average Bonchev–Trinajstić information content (AvgIpc) is 2.96. The molecular weight excluding hydrogens is 410 g/mol. The van der Waals surface area contributed by atoms with Crippen molar-refractivity contribution in [2.45, 2.75) is 6.92 Å². The molecule has 28 heavy (non-hydrogen) atoms. The molecule has 2 rings (SSSR count). The van der Waals surface area contributed by atoms with E-state index >= 15 is 0 Å². The molecule has 11 heteroatoms. The topological polar surface area (TPSA) is 119 Å². The lowest BCUT2D eigenvalue weighted by molar-refractivity contribution is -0.384. The number of nitro groups is 1. The van der Waals surface area contributed by atoms with Gasteiger partial charge in [-0.2, -0.15) is 0 Å². The van der Waals surface area contributed by atoms with E-state index in [4.69, 9.17) is 16.3 Å². The van der Waals surface area contributed by atoms with E-state index in [9.17, 15) is 24.5 Å². The quantitative estimate of drug-likeness (QED) is 0.445. The highest BCUT2D eigenvalue weighted by Crippen LogP contribution is 2.35. The van der Waals surface area contributed by atoms with Gasteiger partial charge in [-0.05, 0) is 24.6 Å². The Balaban J connectivity index is 2.48. The van der Waals surface area contributed by atoms with E-state index in [1.54, 1.807) is 21.0 Å². The lowest BCUT2D eigenvalue weighted by atomic mass is 10.1. The molecule has 0 bridgehead atoms. The summed E-state index contributed by atoms with van der Waals surface area (Å²) < 4.78 is 4.75. The van der Waals surface area contributed by atoms with Crippen molar-refractivity contribution in [2.24, 2.45) is 0 Å². The van der Waals surface area contributed by atoms with Crippen LogP contribution in [0.2, 0.25) is 5.02 Å². The molecule has 2 aromatic rings. The molecule has 1 aromatic heterocycles. The maximum absolute atomic E-state index is 12.6. The third-order valence-electron chi connectivity index (χ3n) is 3.77. The Bertz CT molecular complexity index is 986. The number of amides is 2. The number of nitrogens with zero attached hydrogens (tertiary/aromatic N) is 2. The van der Waals surface area contributed by atoms with Gasteiger partial charge >= 0.3 is 5.97 Å². The number of esters is 1. The Kier molecular flexibility index (Phi) is 6.37. The predicted molar refractivity (Wildman–Crippen MR) is 104 cm³/mol. The number of methoxy groups -OCH3 is 1. The minimum absolute atomic E-state index is 0.0292. The predicted octanol–water partition coefficient (Wildman–Crippen LogP) is 3.36. The largest absolute Gasteiger partial charge is 0.465 e. The highest BCUT2D eigenvalue weighted by Gasteiger charge is 2.27. The Morgan fingerprint density at radius 3 is 2.46 bits per heavy atom. The lowest BCUT2D eigenvalue weighted by Gasteiger charge is -2.08. The minimum Gasteiger partial charge on any atom is -0.465 e. The number of halogens is 1. The number of carbonyl (C=O) groups excluding carboxylic acids is 3. The van der Waals surface area contributed by atoms with Crippen molar-refractivity contribution >= 4 is 51.4 Å². The highest BCUT2D eigenvalue weighted by atomic mass is 35.5.